The van der Waals surface area contributed by atoms with E-state index in [0.717, 1.165) is 5.69 Å². The quantitative estimate of drug-likeness (QED) is 0.470. The molecule has 26 heavy (non-hydrogen) atoms. The molecule has 0 atom stereocenters. The number of hydrogen-bond donors (Lipinski definition) is 0. The summed E-state index contributed by atoms with van der Waals surface area (Å²) in [5, 5.41) is 5.70. The van der Waals surface area contributed by atoms with Gasteiger partial charge in [-0.05, 0) is 30.5 Å². The maximum absolute atomic E-state index is 12.9. The van der Waals surface area contributed by atoms with E-state index in [9.17, 15) is 4.79 Å². The van der Waals surface area contributed by atoms with E-state index in [4.69, 9.17) is 23.2 Å². The van der Waals surface area contributed by atoms with E-state index < -0.39 is 0 Å². The number of halogens is 2. The molecule has 0 bridgehead atoms. The minimum absolute atomic E-state index is 0.0488. The van der Waals surface area contributed by atoms with Crippen molar-refractivity contribution in [3.8, 4) is 16.9 Å². The molecule has 4 aromatic rings. The van der Waals surface area contributed by atoms with Crippen molar-refractivity contribution in [2.24, 2.45) is 0 Å². The smallest absolute Gasteiger partial charge is 0.267 e. The van der Waals surface area contributed by atoms with Crippen molar-refractivity contribution >= 4 is 40.7 Å². The first-order valence-electron chi connectivity index (χ1n) is 7.67. The fourth-order valence-corrected chi connectivity index (χ4v) is 3.52. The average Bonchev–Trinajstić information content (AvgIpc) is 3.05. The Morgan fingerprint density at radius 3 is 2.35 bits per heavy atom. The summed E-state index contributed by atoms with van der Waals surface area (Å²) in [6.07, 6.45) is 1.85. The zero-order valence-electron chi connectivity index (χ0n) is 13.6. The monoisotopic (exact) mass is 402 g/mol. The van der Waals surface area contributed by atoms with Gasteiger partial charge in [-0.3, -0.25) is 4.79 Å². The first kappa shape index (κ1) is 17.1. The van der Waals surface area contributed by atoms with Gasteiger partial charge in [-0.15, -0.1) is 5.10 Å². The number of benzene rings is 2. The number of nitrogens with zero attached hydrogens (tertiary/aromatic N) is 4. The summed E-state index contributed by atoms with van der Waals surface area (Å²) in [7, 11) is 0. The minimum atomic E-state index is -0.354. The Kier molecular flexibility index (Phi) is 4.48. The predicted octanol–water partition coefficient (Wildman–Crippen LogP) is 4.58. The van der Waals surface area contributed by atoms with E-state index in [0.29, 0.717) is 27.2 Å². The summed E-state index contributed by atoms with van der Waals surface area (Å²) in [4.78, 5) is 17.6. The highest BCUT2D eigenvalue weighted by Gasteiger charge is 2.20. The number of para-hydroxylation sites is 1. The first-order chi connectivity index (χ1) is 12.6. The summed E-state index contributed by atoms with van der Waals surface area (Å²) in [6, 6.07) is 16.6. The third kappa shape index (κ3) is 2.80. The predicted molar refractivity (Wildman–Crippen MR) is 106 cm³/mol. The third-order valence-electron chi connectivity index (χ3n) is 3.88. The Hall–Kier alpha value is -2.28. The molecule has 2 aromatic heterocycles. The fraction of sp³-hybridized carbons (Fsp3) is 0.0556. The van der Waals surface area contributed by atoms with Crippen molar-refractivity contribution in [2.75, 3.05) is 6.26 Å². The topological polar surface area (TPSA) is 52.2 Å². The van der Waals surface area contributed by atoms with Crippen LogP contribution in [0.2, 0.25) is 10.0 Å². The number of thioether (sulfide) groups is 1. The molecule has 0 radical (unpaired) electrons. The summed E-state index contributed by atoms with van der Waals surface area (Å²) >= 11 is 13.7. The lowest BCUT2D eigenvalue weighted by molar-refractivity contribution is 0.834. The molecule has 2 heterocycles. The van der Waals surface area contributed by atoms with Crippen LogP contribution >= 0.6 is 35.0 Å². The van der Waals surface area contributed by atoms with Crippen LogP contribution in [-0.4, -0.2) is 25.4 Å². The number of aromatic nitrogens is 4. The highest BCUT2D eigenvalue weighted by atomic mass is 35.5. The molecule has 4 rings (SSSR count). The van der Waals surface area contributed by atoms with Crippen LogP contribution in [0, 0.1) is 0 Å². The van der Waals surface area contributed by atoms with E-state index in [1.165, 1.54) is 16.2 Å². The van der Waals surface area contributed by atoms with Gasteiger partial charge in [-0.1, -0.05) is 65.3 Å². The normalized spacial score (nSPS) is 11.2. The first-order valence-corrected chi connectivity index (χ1v) is 9.65. The van der Waals surface area contributed by atoms with Gasteiger partial charge in [0, 0.05) is 10.6 Å². The van der Waals surface area contributed by atoms with Crippen LogP contribution in [0.4, 0.5) is 0 Å². The van der Waals surface area contributed by atoms with E-state index in [1.54, 1.807) is 28.9 Å². The van der Waals surface area contributed by atoms with Crippen LogP contribution < -0.4 is 5.56 Å². The molecule has 0 unspecified atom stereocenters. The minimum Gasteiger partial charge on any atom is -0.267 e. The summed E-state index contributed by atoms with van der Waals surface area (Å²) < 4.78 is 3.07. The largest absolute Gasteiger partial charge is 0.280 e. The molecule has 0 aliphatic carbocycles. The van der Waals surface area contributed by atoms with Gasteiger partial charge in [0.15, 0.2) is 5.16 Å². The van der Waals surface area contributed by atoms with Crippen molar-refractivity contribution < 1.29 is 0 Å². The van der Waals surface area contributed by atoms with E-state index in [1.807, 2.05) is 36.6 Å². The molecule has 2 aromatic carbocycles. The van der Waals surface area contributed by atoms with Crippen molar-refractivity contribution in [3.63, 3.8) is 0 Å². The van der Waals surface area contributed by atoms with Crippen LogP contribution in [0.25, 0.3) is 22.7 Å². The standard InChI is InChI=1S/C18H12Cl2N4OS/c1-26-18-22-24(13-5-3-2-4-6-13)17-21-15(14(20)16(25)23(17)18)11-7-9-12(19)10-8-11/h2-10H,1H3. The van der Waals surface area contributed by atoms with Crippen molar-refractivity contribution in [2.45, 2.75) is 5.16 Å². The van der Waals surface area contributed by atoms with Crippen molar-refractivity contribution in [3.05, 3.63) is 75.0 Å². The van der Waals surface area contributed by atoms with Crippen LogP contribution in [0.1, 0.15) is 0 Å². The Balaban J connectivity index is 2.06. The number of rotatable bonds is 3. The Morgan fingerprint density at radius 2 is 1.69 bits per heavy atom. The maximum Gasteiger partial charge on any atom is 0.280 e. The zero-order chi connectivity index (χ0) is 18.3. The van der Waals surface area contributed by atoms with Gasteiger partial charge >= 0.3 is 0 Å². The van der Waals surface area contributed by atoms with Gasteiger partial charge in [0.25, 0.3) is 5.56 Å². The molecule has 0 amide bonds. The molecule has 0 fully saturated rings. The van der Waals surface area contributed by atoms with Gasteiger partial charge in [0.2, 0.25) is 5.78 Å². The van der Waals surface area contributed by atoms with Crippen LogP contribution in [0.3, 0.4) is 0 Å². The Labute approximate surface area is 163 Å². The molecule has 0 saturated heterocycles. The average molecular weight is 403 g/mol. The van der Waals surface area contributed by atoms with Gasteiger partial charge in [-0.2, -0.15) is 4.68 Å². The lowest BCUT2D eigenvalue weighted by atomic mass is 10.1. The Morgan fingerprint density at radius 1 is 1.00 bits per heavy atom. The van der Waals surface area contributed by atoms with Crippen LogP contribution in [0.5, 0.6) is 0 Å². The number of fused-ring (bicyclic) bond motifs is 1. The van der Waals surface area contributed by atoms with Gasteiger partial charge in [0.05, 0.1) is 11.4 Å². The van der Waals surface area contributed by atoms with Crippen LogP contribution in [-0.2, 0) is 0 Å². The second kappa shape index (κ2) is 6.79. The second-order valence-corrected chi connectivity index (χ2v) is 7.04. The Bertz CT molecular complexity index is 1150. The second-order valence-electron chi connectivity index (χ2n) is 5.46. The number of hydrogen-bond acceptors (Lipinski definition) is 4. The highest BCUT2D eigenvalue weighted by Crippen LogP contribution is 2.27. The molecule has 130 valence electrons. The summed E-state index contributed by atoms with van der Waals surface area (Å²) in [5.74, 6) is 0.403. The van der Waals surface area contributed by atoms with Crippen molar-refractivity contribution in [1.82, 2.24) is 19.2 Å². The summed E-state index contributed by atoms with van der Waals surface area (Å²) in [5.41, 5.74) is 1.57. The summed E-state index contributed by atoms with van der Waals surface area (Å²) in [6.45, 7) is 0. The zero-order valence-corrected chi connectivity index (χ0v) is 15.9. The SMILES string of the molecule is CSc1nn(-c2ccccc2)c2nc(-c3ccc(Cl)cc3)c(Cl)c(=O)n12. The fourth-order valence-electron chi connectivity index (χ4n) is 2.65. The maximum atomic E-state index is 12.9. The lowest BCUT2D eigenvalue weighted by Gasteiger charge is -2.06. The molecule has 0 aliphatic heterocycles. The molecule has 0 spiro atoms. The molecule has 0 saturated carbocycles. The molecular weight excluding hydrogens is 391 g/mol. The van der Waals surface area contributed by atoms with E-state index >= 15 is 0 Å². The van der Waals surface area contributed by atoms with Crippen LogP contribution in [0.15, 0.2) is 64.5 Å². The van der Waals surface area contributed by atoms with Gasteiger partial charge < -0.3 is 0 Å². The third-order valence-corrected chi connectivity index (χ3v) is 5.10. The molecular formula is C18H12Cl2N4OS. The van der Waals surface area contributed by atoms with Gasteiger partial charge in [0.1, 0.15) is 5.02 Å². The molecule has 8 heteroatoms. The van der Waals surface area contributed by atoms with E-state index in [2.05, 4.69) is 10.1 Å². The van der Waals surface area contributed by atoms with Gasteiger partial charge in [-0.25, -0.2) is 9.38 Å². The van der Waals surface area contributed by atoms with E-state index in [-0.39, 0.29) is 10.6 Å². The molecule has 0 aliphatic rings. The molecule has 5 nitrogen and oxygen atoms in total. The molecule has 0 N–H and O–H groups in total. The van der Waals surface area contributed by atoms with Crippen molar-refractivity contribution in [1.29, 1.82) is 0 Å². The highest BCUT2D eigenvalue weighted by molar-refractivity contribution is 7.98. The lowest BCUT2D eigenvalue weighted by Crippen LogP contribution is -2.17.